The van der Waals surface area contributed by atoms with E-state index in [0.29, 0.717) is 53.3 Å². The number of likely N-dealkylation sites (N-methyl/N-ethyl adjacent to an activating group) is 1. The Labute approximate surface area is 470 Å². The third-order valence-electron chi connectivity index (χ3n) is 14.9. The second-order valence-corrected chi connectivity index (χ2v) is 20.4. The van der Waals surface area contributed by atoms with Crippen molar-refractivity contribution in [2.75, 3.05) is 13.7 Å². The Morgan fingerprint density at radius 3 is 1.43 bits per heavy atom. The molecule has 81 heavy (non-hydrogen) atoms. The lowest BCUT2D eigenvalue weighted by molar-refractivity contribution is -0.289. The number of imide groups is 1. The van der Waals surface area contributed by atoms with Crippen LogP contribution in [0.25, 0.3) is 33.0 Å². The first-order valence-electron chi connectivity index (χ1n) is 27.3. The summed E-state index contributed by atoms with van der Waals surface area (Å²) in [6, 6.07) is 71.6. The molecule has 2 amide bonds. The monoisotopic (exact) mass is 1080 g/mol. The molecule has 12 heteroatoms. The van der Waals surface area contributed by atoms with Gasteiger partial charge in [-0.25, -0.2) is 0 Å². The van der Waals surface area contributed by atoms with Gasteiger partial charge >= 0.3 is 0 Å². The summed E-state index contributed by atoms with van der Waals surface area (Å²) in [5, 5.41) is 1.41. The van der Waals surface area contributed by atoms with Crippen molar-refractivity contribution >= 4 is 44.8 Å². The Balaban J connectivity index is 1.01. The zero-order valence-electron chi connectivity index (χ0n) is 44.8. The van der Waals surface area contributed by atoms with E-state index < -0.39 is 42.5 Å². The van der Waals surface area contributed by atoms with Gasteiger partial charge < -0.3 is 42.7 Å². The number of rotatable bonds is 22. The zero-order chi connectivity index (χ0) is 54.9. The van der Waals surface area contributed by atoms with Crippen LogP contribution in [0.15, 0.2) is 231 Å². The molecule has 0 spiro atoms. The van der Waals surface area contributed by atoms with Crippen LogP contribution >= 0.6 is 0 Å². The van der Waals surface area contributed by atoms with E-state index in [1.54, 1.807) is 6.20 Å². The van der Waals surface area contributed by atoms with Crippen molar-refractivity contribution in [3.05, 3.63) is 275 Å². The standard InChI is InChI=1S/C69H61N3O9/c1-71-67(73)62(57-38-70-59-37-54(32-34-55(57)59)77-42-49-24-12-4-13-25-49)63(68(71)74)58-39-72(60-35-33-53(36-56(58)60)76-41-48-22-10-3-11-23-48)69-66(80-45-52-30-18-7-19-31-52)65(79-44-51-28-16-6-17-29-51)64(78-43-50-26-14-5-15-27-50)61(81-69)46-75-40-47-20-8-2-9-21-47/h2-39,61,64-66,69-70H,40-46H2,1H3/t61-,64-,65+,66-,69-/m1/s1. The number of amides is 2. The number of aromatic nitrogens is 2. The number of benzene rings is 8. The lowest BCUT2D eigenvalue weighted by atomic mass is 9.95. The highest BCUT2D eigenvalue weighted by atomic mass is 16.6. The number of fused-ring (bicyclic) bond motifs is 2. The van der Waals surface area contributed by atoms with Crippen molar-refractivity contribution in [3.63, 3.8) is 0 Å². The van der Waals surface area contributed by atoms with Crippen molar-refractivity contribution in [1.29, 1.82) is 0 Å². The number of H-pyrrole nitrogens is 1. The van der Waals surface area contributed by atoms with Crippen LogP contribution in [0.5, 0.6) is 11.5 Å². The molecule has 1 N–H and O–H groups in total. The van der Waals surface area contributed by atoms with Gasteiger partial charge in [-0.15, -0.1) is 0 Å². The maximum atomic E-state index is 15.0. The molecular formula is C69H61N3O9. The fraction of sp³-hybridized carbons (Fsp3) is 0.188. The van der Waals surface area contributed by atoms with Gasteiger partial charge in [0.15, 0.2) is 6.23 Å². The Hall–Kier alpha value is -8.88. The van der Waals surface area contributed by atoms with E-state index in [1.165, 1.54) is 11.9 Å². The summed E-state index contributed by atoms with van der Waals surface area (Å²) < 4.78 is 50.2. The Kier molecular flexibility index (Phi) is 16.1. The van der Waals surface area contributed by atoms with Gasteiger partial charge in [0.1, 0.15) is 49.1 Å². The lowest BCUT2D eigenvalue weighted by Gasteiger charge is -2.46. The van der Waals surface area contributed by atoms with Crippen LogP contribution in [0.1, 0.15) is 50.7 Å². The number of carbonyl (C=O) groups is 2. The normalized spacial score (nSPS) is 18.3. The Morgan fingerprint density at radius 1 is 0.457 bits per heavy atom. The molecule has 0 aliphatic carbocycles. The number of aromatic amines is 1. The molecule has 2 aliphatic rings. The fourth-order valence-corrected chi connectivity index (χ4v) is 10.7. The Bertz CT molecular complexity index is 3760. The van der Waals surface area contributed by atoms with E-state index in [1.807, 2.05) is 229 Å². The van der Waals surface area contributed by atoms with Crippen molar-refractivity contribution in [2.24, 2.45) is 0 Å². The number of nitrogens with one attached hydrogen (secondary N) is 1. The van der Waals surface area contributed by atoms with Crippen LogP contribution in [0.4, 0.5) is 0 Å². The van der Waals surface area contributed by atoms with Crippen LogP contribution in [0, 0.1) is 0 Å². The van der Waals surface area contributed by atoms with Gasteiger partial charge in [0.25, 0.3) is 11.8 Å². The van der Waals surface area contributed by atoms with Crippen LogP contribution in [-0.2, 0) is 72.9 Å². The minimum Gasteiger partial charge on any atom is -0.489 e. The minimum atomic E-state index is -0.917. The van der Waals surface area contributed by atoms with E-state index >= 15 is 4.79 Å². The molecule has 5 atom stereocenters. The molecule has 2 aliphatic heterocycles. The highest BCUT2D eigenvalue weighted by Gasteiger charge is 2.50. The number of hydrogen-bond donors (Lipinski definition) is 1. The van der Waals surface area contributed by atoms with Crippen molar-refractivity contribution in [3.8, 4) is 11.5 Å². The van der Waals surface area contributed by atoms with Gasteiger partial charge in [-0.1, -0.05) is 182 Å². The highest BCUT2D eigenvalue weighted by molar-refractivity contribution is 6.50. The summed E-state index contributed by atoms with van der Waals surface area (Å²) in [6.45, 7) is 1.89. The van der Waals surface area contributed by atoms with Gasteiger partial charge in [-0.2, -0.15) is 0 Å². The van der Waals surface area contributed by atoms with E-state index in [9.17, 15) is 4.79 Å². The summed E-state index contributed by atoms with van der Waals surface area (Å²) >= 11 is 0. The molecule has 2 aromatic heterocycles. The molecule has 10 aromatic rings. The minimum absolute atomic E-state index is 0.137. The maximum Gasteiger partial charge on any atom is 0.261 e. The van der Waals surface area contributed by atoms with Crippen LogP contribution < -0.4 is 9.47 Å². The van der Waals surface area contributed by atoms with Gasteiger partial charge in [0.2, 0.25) is 0 Å². The molecule has 12 rings (SSSR count). The third-order valence-corrected chi connectivity index (χ3v) is 14.9. The summed E-state index contributed by atoms with van der Waals surface area (Å²) in [5.41, 5.74) is 8.97. The van der Waals surface area contributed by atoms with Crippen molar-refractivity contribution in [2.45, 2.75) is 70.3 Å². The number of carbonyl (C=O) groups excluding carboxylic acids is 2. The highest BCUT2D eigenvalue weighted by Crippen LogP contribution is 2.45. The first-order chi connectivity index (χ1) is 39.9. The Morgan fingerprint density at radius 2 is 0.901 bits per heavy atom. The largest absolute Gasteiger partial charge is 0.489 e. The summed E-state index contributed by atoms with van der Waals surface area (Å²) in [5.74, 6) is 0.345. The molecule has 8 aromatic carbocycles. The lowest BCUT2D eigenvalue weighted by Crippen LogP contribution is -2.59. The van der Waals surface area contributed by atoms with Crippen LogP contribution in [0.3, 0.4) is 0 Å². The van der Waals surface area contributed by atoms with Crippen molar-refractivity contribution < 1.29 is 42.7 Å². The first kappa shape index (κ1) is 52.8. The first-order valence-corrected chi connectivity index (χ1v) is 27.3. The van der Waals surface area contributed by atoms with E-state index in [-0.39, 0.29) is 37.6 Å². The van der Waals surface area contributed by atoms with E-state index in [2.05, 4.69) is 4.98 Å². The third kappa shape index (κ3) is 11.9. The second kappa shape index (κ2) is 24.6. The zero-order valence-corrected chi connectivity index (χ0v) is 44.8. The predicted octanol–water partition coefficient (Wildman–Crippen LogP) is 13.1. The summed E-state index contributed by atoms with van der Waals surface area (Å²) in [6.07, 6.45) is -0.204. The van der Waals surface area contributed by atoms with Gasteiger partial charge in [-0.3, -0.25) is 14.5 Å². The molecule has 1 saturated heterocycles. The van der Waals surface area contributed by atoms with Gasteiger partial charge in [0, 0.05) is 52.9 Å². The SMILES string of the molecule is CN1C(=O)C(c2c[nH]c3cc(OCc4ccccc4)ccc23)=C(c2cn([C@@H]3O[C@H](COCc4ccccc4)[C@@H](OCc4ccccc4)[C@H](OCc4ccccc4)[C@H]3OCc3ccccc3)c3ccc(OCc4ccccc4)cc23)C1=O. The molecule has 12 nitrogen and oxygen atoms in total. The van der Waals surface area contributed by atoms with Crippen LogP contribution in [-0.4, -0.2) is 64.3 Å². The number of ether oxygens (including phenoxy) is 7. The molecule has 0 bridgehead atoms. The average molecular weight is 1080 g/mol. The molecule has 0 saturated carbocycles. The molecule has 406 valence electrons. The number of hydrogen-bond acceptors (Lipinski definition) is 9. The smallest absolute Gasteiger partial charge is 0.261 e. The molecule has 1 fully saturated rings. The van der Waals surface area contributed by atoms with Gasteiger partial charge in [0.05, 0.1) is 49.7 Å². The van der Waals surface area contributed by atoms with Crippen LogP contribution in [0.2, 0.25) is 0 Å². The van der Waals surface area contributed by atoms with E-state index in [4.69, 9.17) is 33.2 Å². The molecule has 4 heterocycles. The average Bonchev–Trinajstić information content (AvgIpc) is 4.23. The van der Waals surface area contributed by atoms with Crippen molar-refractivity contribution in [1.82, 2.24) is 14.5 Å². The summed E-state index contributed by atoms with van der Waals surface area (Å²) in [7, 11) is 1.53. The topological polar surface area (TPSA) is 123 Å². The maximum absolute atomic E-state index is 15.0. The molecular weight excluding hydrogens is 1010 g/mol. The second-order valence-electron chi connectivity index (χ2n) is 20.4. The summed E-state index contributed by atoms with van der Waals surface area (Å²) in [4.78, 5) is 34.4. The quantitative estimate of drug-likeness (QED) is 0.0661. The van der Waals surface area contributed by atoms with Gasteiger partial charge in [-0.05, 0) is 63.7 Å². The predicted molar refractivity (Wildman–Crippen MR) is 311 cm³/mol. The molecule has 0 radical (unpaired) electrons. The van der Waals surface area contributed by atoms with E-state index in [0.717, 1.165) is 44.3 Å². The number of nitrogens with zero attached hydrogens (tertiary/aromatic N) is 2. The fourth-order valence-electron chi connectivity index (χ4n) is 10.7. The molecule has 0 unspecified atom stereocenters.